The molecular weight excluding hydrogens is 502 g/mol. The van der Waals surface area contributed by atoms with Gasteiger partial charge in [0.2, 0.25) is 5.91 Å². The van der Waals surface area contributed by atoms with E-state index < -0.39 is 0 Å². The topological polar surface area (TPSA) is 88.8 Å². The number of piperazine rings is 1. The maximum atomic E-state index is 12.5. The summed E-state index contributed by atoms with van der Waals surface area (Å²) in [6, 6.07) is 17.6. The number of nitriles is 1. The summed E-state index contributed by atoms with van der Waals surface area (Å²) in [5, 5.41) is 11.9. The summed E-state index contributed by atoms with van der Waals surface area (Å²) < 4.78 is 6.24. The molecule has 0 saturated carbocycles. The minimum absolute atomic E-state index is 0.139. The standard InChI is InChI=1S/C31H35N7O2/c1-3-29(39)38-17-16-36(18-23(38)13-14-32)30-26-19-37(28-12-6-9-22-8-4-5-11-25(22)28)20-27(26)33-31(34-30)40-21-24-10-7-15-35(24)2/h3-6,8-9,11-12,23-24H,1,7,10,13,15-21H2,2H3/t23-,24-/m0/s1. The third-order valence-corrected chi connectivity index (χ3v) is 8.49. The lowest BCUT2D eigenvalue weighted by molar-refractivity contribution is -0.128. The number of ether oxygens (including phenoxy) is 1. The van der Waals surface area contributed by atoms with Crippen molar-refractivity contribution in [3.8, 4) is 12.1 Å². The number of amides is 1. The zero-order valence-corrected chi connectivity index (χ0v) is 23.0. The SMILES string of the molecule is C=CC(=O)N1CCN(c2nc(OC[C@@H]3CCCN3C)nc3c2CN(c2cccc4ccccc24)C3)C[C@@H]1CC#N. The first-order valence-corrected chi connectivity index (χ1v) is 14.1. The molecule has 4 heterocycles. The molecule has 3 aliphatic rings. The largest absolute Gasteiger partial charge is 0.462 e. The number of carbonyl (C=O) groups excluding carboxylic acids is 1. The zero-order chi connectivity index (χ0) is 27.6. The van der Waals surface area contributed by atoms with Crippen molar-refractivity contribution < 1.29 is 9.53 Å². The third kappa shape index (κ3) is 4.95. The van der Waals surface area contributed by atoms with Crippen LogP contribution in [0.3, 0.4) is 0 Å². The van der Waals surface area contributed by atoms with Crippen molar-refractivity contribution in [2.24, 2.45) is 0 Å². The summed E-state index contributed by atoms with van der Waals surface area (Å²) in [5.41, 5.74) is 3.22. The van der Waals surface area contributed by atoms with Crippen LogP contribution in [0, 0.1) is 11.3 Å². The molecule has 206 valence electrons. The average Bonchev–Trinajstić information content (AvgIpc) is 3.60. The van der Waals surface area contributed by atoms with E-state index in [9.17, 15) is 10.1 Å². The number of rotatable bonds is 7. The maximum absolute atomic E-state index is 12.5. The number of carbonyl (C=O) groups is 1. The van der Waals surface area contributed by atoms with E-state index in [0.717, 1.165) is 30.0 Å². The van der Waals surface area contributed by atoms with Gasteiger partial charge < -0.3 is 24.3 Å². The van der Waals surface area contributed by atoms with Crippen molar-refractivity contribution in [3.63, 3.8) is 0 Å². The summed E-state index contributed by atoms with van der Waals surface area (Å²) in [6.07, 6.45) is 3.87. The lowest BCUT2D eigenvalue weighted by atomic mass is 10.1. The van der Waals surface area contributed by atoms with Crippen LogP contribution in [0.2, 0.25) is 0 Å². The van der Waals surface area contributed by atoms with Gasteiger partial charge in [-0.15, -0.1) is 0 Å². The zero-order valence-electron chi connectivity index (χ0n) is 23.0. The summed E-state index contributed by atoms with van der Waals surface area (Å²) >= 11 is 0. The minimum Gasteiger partial charge on any atom is -0.462 e. The van der Waals surface area contributed by atoms with Gasteiger partial charge in [0.15, 0.2) is 0 Å². The second kappa shape index (κ2) is 11.1. The first-order chi connectivity index (χ1) is 19.6. The van der Waals surface area contributed by atoms with E-state index >= 15 is 0 Å². The number of likely N-dealkylation sites (N-methyl/N-ethyl adjacent to an activating group) is 1. The number of likely N-dealkylation sites (tertiary alicyclic amines) is 1. The Morgan fingerprint density at radius 3 is 2.75 bits per heavy atom. The average molecular weight is 538 g/mol. The predicted molar refractivity (Wildman–Crippen MR) is 155 cm³/mol. The van der Waals surface area contributed by atoms with Gasteiger partial charge in [0.25, 0.3) is 0 Å². The third-order valence-electron chi connectivity index (χ3n) is 8.49. The van der Waals surface area contributed by atoms with E-state index in [-0.39, 0.29) is 18.4 Å². The van der Waals surface area contributed by atoms with Crippen molar-refractivity contribution in [1.29, 1.82) is 5.26 Å². The summed E-state index contributed by atoms with van der Waals surface area (Å²) in [7, 11) is 2.14. The van der Waals surface area contributed by atoms with Gasteiger partial charge in [0.05, 0.1) is 30.8 Å². The molecule has 0 spiro atoms. The number of nitrogens with zero attached hydrogens (tertiary/aromatic N) is 7. The van der Waals surface area contributed by atoms with Crippen LogP contribution in [-0.4, -0.2) is 77.6 Å². The quantitative estimate of drug-likeness (QED) is 0.421. The number of aromatic nitrogens is 2. The Balaban J connectivity index is 1.33. The Morgan fingerprint density at radius 2 is 1.95 bits per heavy atom. The van der Waals surface area contributed by atoms with Crippen molar-refractivity contribution in [3.05, 3.63) is 66.4 Å². The second-order valence-corrected chi connectivity index (χ2v) is 10.9. The predicted octanol–water partition coefficient (Wildman–Crippen LogP) is 3.74. The van der Waals surface area contributed by atoms with Gasteiger partial charge in [-0.2, -0.15) is 15.2 Å². The van der Waals surface area contributed by atoms with E-state index in [2.05, 4.69) is 76.9 Å². The number of benzene rings is 2. The van der Waals surface area contributed by atoms with Gasteiger partial charge in [0, 0.05) is 48.9 Å². The Hall–Kier alpha value is -4.16. The van der Waals surface area contributed by atoms with Gasteiger partial charge in [-0.25, -0.2) is 0 Å². The molecule has 3 aromatic rings. The summed E-state index contributed by atoms with van der Waals surface area (Å²) in [4.78, 5) is 31.0. The molecule has 2 saturated heterocycles. The molecule has 0 N–H and O–H groups in total. The highest BCUT2D eigenvalue weighted by Crippen LogP contribution is 2.37. The number of fused-ring (bicyclic) bond motifs is 2. The molecule has 1 aromatic heterocycles. The van der Waals surface area contributed by atoms with E-state index in [1.807, 2.05) is 0 Å². The summed E-state index contributed by atoms with van der Waals surface area (Å²) in [5.74, 6) is 0.704. The number of hydrogen-bond donors (Lipinski definition) is 0. The van der Waals surface area contributed by atoms with Crippen molar-refractivity contribution in [1.82, 2.24) is 19.8 Å². The van der Waals surface area contributed by atoms with Crippen LogP contribution < -0.4 is 14.5 Å². The highest BCUT2D eigenvalue weighted by atomic mass is 16.5. The molecule has 0 bridgehead atoms. The fourth-order valence-corrected chi connectivity index (χ4v) is 6.29. The van der Waals surface area contributed by atoms with Crippen LogP contribution >= 0.6 is 0 Å². The molecular formula is C31H35N7O2. The second-order valence-electron chi connectivity index (χ2n) is 10.9. The number of hydrogen-bond acceptors (Lipinski definition) is 8. The molecule has 0 aliphatic carbocycles. The normalized spacial score (nSPS) is 20.9. The molecule has 2 atom stereocenters. The molecule has 0 unspecified atom stereocenters. The van der Waals surface area contributed by atoms with E-state index in [1.54, 1.807) is 4.90 Å². The lowest BCUT2D eigenvalue weighted by Gasteiger charge is -2.41. The molecule has 9 nitrogen and oxygen atoms in total. The molecule has 9 heteroatoms. The van der Waals surface area contributed by atoms with E-state index in [4.69, 9.17) is 14.7 Å². The minimum atomic E-state index is -0.234. The Bertz CT molecular complexity index is 1460. The van der Waals surface area contributed by atoms with Gasteiger partial charge in [-0.3, -0.25) is 4.79 Å². The first-order valence-electron chi connectivity index (χ1n) is 14.1. The molecule has 1 amide bonds. The van der Waals surface area contributed by atoms with Crippen LogP contribution in [-0.2, 0) is 17.9 Å². The van der Waals surface area contributed by atoms with Gasteiger partial charge in [-0.05, 0) is 44.0 Å². The van der Waals surface area contributed by atoms with Crippen LogP contribution in [0.4, 0.5) is 11.5 Å². The van der Waals surface area contributed by atoms with Gasteiger partial charge in [-0.1, -0.05) is 43.0 Å². The molecule has 40 heavy (non-hydrogen) atoms. The van der Waals surface area contributed by atoms with E-state index in [1.165, 1.54) is 29.0 Å². The van der Waals surface area contributed by atoms with Crippen molar-refractivity contribution >= 4 is 28.2 Å². The first kappa shape index (κ1) is 26.1. The molecule has 0 radical (unpaired) electrons. The fourth-order valence-electron chi connectivity index (χ4n) is 6.29. The van der Waals surface area contributed by atoms with Crippen molar-refractivity contribution in [2.45, 2.75) is 44.4 Å². The van der Waals surface area contributed by atoms with Crippen LogP contribution in [0.1, 0.15) is 30.5 Å². The van der Waals surface area contributed by atoms with Crippen LogP contribution in [0.15, 0.2) is 55.1 Å². The Labute approximate surface area is 235 Å². The molecule has 6 rings (SSSR count). The highest BCUT2D eigenvalue weighted by molar-refractivity contribution is 5.94. The van der Waals surface area contributed by atoms with Crippen LogP contribution in [0.25, 0.3) is 10.8 Å². The molecule has 3 aliphatic heterocycles. The Kier molecular flexibility index (Phi) is 7.27. The number of anilines is 2. The Morgan fingerprint density at radius 1 is 1.10 bits per heavy atom. The van der Waals surface area contributed by atoms with Crippen molar-refractivity contribution in [2.75, 3.05) is 49.6 Å². The summed E-state index contributed by atoms with van der Waals surface area (Å²) in [6.45, 7) is 8.27. The highest BCUT2D eigenvalue weighted by Gasteiger charge is 2.34. The van der Waals surface area contributed by atoms with Gasteiger partial charge in [0.1, 0.15) is 12.4 Å². The van der Waals surface area contributed by atoms with Gasteiger partial charge >= 0.3 is 6.01 Å². The van der Waals surface area contributed by atoms with E-state index in [0.29, 0.717) is 51.4 Å². The van der Waals surface area contributed by atoms with Crippen LogP contribution in [0.5, 0.6) is 6.01 Å². The molecule has 2 aromatic carbocycles. The maximum Gasteiger partial charge on any atom is 0.318 e. The lowest BCUT2D eigenvalue weighted by Crippen LogP contribution is -2.55. The molecule has 2 fully saturated rings. The fraction of sp³-hybridized carbons (Fsp3) is 0.419. The smallest absolute Gasteiger partial charge is 0.318 e. The monoisotopic (exact) mass is 537 g/mol.